The lowest BCUT2D eigenvalue weighted by Crippen LogP contribution is -2.50. The summed E-state index contributed by atoms with van der Waals surface area (Å²) >= 11 is 12.6. The molecule has 0 spiro atoms. The third-order valence-electron chi connectivity index (χ3n) is 3.91. The number of carbonyl (C=O) groups excluding carboxylic acids is 1. The number of halogens is 4. The summed E-state index contributed by atoms with van der Waals surface area (Å²) in [6.07, 6.45) is 0. The van der Waals surface area contributed by atoms with Crippen LogP contribution in [-0.4, -0.2) is 49.7 Å². The first kappa shape index (κ1) is 19.5. The Labute approximate surface area is 162 Å². The smallest absolute Gasteiger partial charge is 0.255 e. The van der Waals surface area contributed by atoms with Gasteiger partial charge in [-0.1, -0.05) is 23.2 Å². The van der Waals surface area contributed by atoms with E-state index < -0.39 is 27.6 Å². The minimum Gasteiger partial charge on any atom is -0.336 e. The molecule has 0 radical (unpaired) electrons. The minimum absolute atomic E-state index is 0.0743. The normalized spacial score (nSPS) is 16.1. The molecule has 1 amide bonds. The summed E-state index contributed by atoms with van der Waals surface area (Å²) < 4.78 is 53.4. The van der Waals surface area contributed by atoms with Gasteiger partial charge in [0.05, 0.1) is 14.9 Å². The van der Waals surface area contributed by atoms with Crippen LogP contribution < -0.4 is 0 Å². The maximum atomic E-state index is 13.4. The molecule has 0 N–H and O–H groups in total. The second kappa shape index (κ2) is 7.40. The van der Waals surface area contributed by atoms with Crippen LogP contribution in [0.1, 0.15) is 10.4 Å². The molecule has 1 aliphatic rings. The highest BCUT2D eigenvalue weighted by Gasteiger charge is 2.32. The number of nitrogens with zero attached hydrogens (tertiary/aromatic N) is 2. The fraction of sp³-hybridized carbons (Fsp3) is 0.267. The van der Waals surface area contributed by atoms with E-state index in [2.05, 4.69) is 0 Å². The molecule has 2 aromatic rings. The zero-order valence-corrected chi connectivity index (χ0v) is 16.2. The molecule has 0 saturated carbocycles. The number of hydrogen-bond acceptors (Lipinski definition) is 4. The molecule has 0 atom stereocenters. The van der Waals surface area contributed by atoms with Gasteiger partial charge < -0.3 is 4.90 Å². The standard InChI is InChI=1S/C15H12Cl2F2N2O3S2/c16-10-8-12(19)11(18)7-9(10)15(22)20-3-5-21(6-4-20)26(23,24)14-2-1-13(17)25-14/h1-2,7-8H,3-6H2. The van der Waals surface area contributed by atoms with Gasteiger partial charge in [0.15, 0.2) is 11.6 Å². The van der Waals surface area contributed by atoms with Crippen LogP contribution in [0.4, 0.5) is 8.78 Å². The van der Waals surface area contributed by atoms with Gasteiger partial charge in [-0.15, -0.1) is 11.3 Å². The quantitative estimate of drug-likeness (QED) is 0.686. The molecule has 2 heterocycles. The molecule has 11 heteroatoms. The number of thiophene rings is 1. The predicted molar refractivity (Wildman–Crippen MR) is 95.4 cm³/mol. The van der Waals surface area contributed by atoms with Gasteiger partial charge in [0.25, 0.3) is 15.9 Å². The zero-order valence-electron chi connectivity index (χ0n) is 13.1. The third-order valence-corrected chi connectivity index (χ3v) is 7.82. The highest BCUT2D eigenvalue weighted by molar-refractivity contribution is 7.91. The van der Waals surface area contributed by atoms with Gasteiger partial charge in [-0.25, -0.2) is 17.2 Å². The summed E-state index contributed by atoms with van der Waals surface area (Å²) in [6.45, 7) is 0.356. The van der Waals surface area contributed by atoms with Gasteiger partial charge in [0, 0.05) is 26.2 Å². The van der Waals surface area contributed by atoms with Gasteiger partial charge in [0.2, 0.25) is 0 Å². The first-order valence-corrected chi connectivity index (χ1v) is 10.4. The highest BCUT2D eigenvalue weighted by Crippen LogP contribution is 2.29. The number of amides is 1. The zero-order chi connectivity index (χ0) is 19.1. The molecule has 0 bridgehead atoms. The molecule has 26 heavy (non-hydrogen) atoms. The maximum absolute atomic E-state index is 13.4. The fourth-order valence-electron chi connectivity index (χ4n) is 2.55. The molecule has 0 aliphatic carbocycles. The summed E-state index contributed by atoms with van der Waals surface area (Å²) in [5.74, 6) is -2.89. The molecule has 3 rings (SSSR count). The third kappa shape index (κ3) is 3.72. The SMILES string of the molecule is O=C(c1cc(F)c(F)cc1Cl)N1CCN(S(=O)(=O)c2ccc(Cl)s2)CC1. The lowest BCUT2D eigenvalue weighted by molar-refractivity contribution is 0.0697. The average molecular weight is 441 g/mol. The van der Waals surface area contributed by atoms with Crippen LogP contribution in [0.3, 0.4) is 0 Å². The first-order chi connectivity index (χ1) is 12.2. The number of hydrogen-bond donors (Lipinski definition) is 0. The summed E-state index contributed by atoms with van der Waals surface area (Å²) in [5.41, 5.74) is -0.160. The topological polar surface area (TPSA) is 57.7 Å². The fourth-order valence-corrected chi connectivity index (χ4v) is 5.84. The highest BCUT2D eigenvalue weighted by atomic mass is 35.5. The van der Waals surface area contributed by atoms with Crippen molar-refractivity contribution in [3.63, 3.8) is 0 Å². The molecule has 0 unspecified atom stereocenters. The minimum atomic E-state index is -3.68. The molecule has 1 aromatic heterocycles. The molecule has 1 aromatic carbocycles. The van der Waals surface area contributed by atoms with Crippen LogP contribution in [-0.2, 0) is 10.0 Å². The molecule has 1 saturated heterocycles. The molecular formula is C15H12Cl2F2N2O3S2. The Kier molecular flexibility index (Phi) is 5.55. The number of benzene rings is 1. The predicted octanol–water partition coefficient (Wildman–Crippen LogP) is 3.48. The van der Waals surface area contributed by atoms with Crippen molar-refractivity contribution >= 4 is 50.5 Å². The average Bonchev–Trinajstić information content (AvgIpc) is 3.05. The van der Waals surface area contributed by atoms with E-state index in [9.17, 15) is 22.0 Å². The van der Waals surface area contributed by atoms with E-state index in [1.54, 1.807) is 0 Å². The number of piperazine rings is 1. The van der Waals surface area contributed by atoms with Gasteiger partial charge in [-0.05, 0) is 24.3 Å². The molecule has 5 nitrogen and oxygen atoms in total. The molecule has 140 valence electrons. The maximum Gasteiger partial charge on any atom is 0.255 e. The van der Waals surface area contributed by atoms with Crippen LogP contribution in [0.15, 0.2) is 28.5 Å². The van der Waals surface area contributed by atoms with Crippen LogP contribution >= 0.6 is 34.5 Å². The van der Waals surface area contributed by atoms with Crippen LogP contribution in [0, 0.1) is 11.6 Å². The Morgan fingerprint density at radius 3 is 2.23 bits per heavy atom. The number of carbonyl (C=O) groups is 1. The Morgan fingerprint density at radius 1 is 1.04 bits per heavy atom. The monoisotopic (exact) mass is 440 g/mol. The second-order valence-corrected chi connectivity index (χ2v) is 9.79. The van der Waals surface area contributed by atoms with Gasteiger partial charge in [-0.2, -0.15) is 4.31 Å². The van der Waals surface area contributed by atoms with E-state index in [1.165, 1.54) is 21.3 Å². The summed E-state index contributed by atoms with van der Waals surface area (Å²) in [7, 11) is -3.68. The van der Waals surface area contributed by atoms with Crippen molar-refractivity contribution < 1.29 is 22.0 Å². The van der Waals surface area contributed by atoms with Crippen molar-refractivity contribution in [1.29, 1.82) is 0 Å². The molecule has 1 aliphatic heterocycles. The molecule has 1 fully saturated rings. The second-order valence-electron chi connectivity index (χ2n) is 5.50. The Morgan fingerprint density at radius 2 is 1.65 bits per heavy atom. The van der Waals surface area contributed by atoms with E-state index >= 15 is 0 Å². The van der Waals surface area contributed by atoms with Crippen molar-refractivity contribution in [3.05, 3.63) is 50.8 Å². The van der Waals surface area contributed by atoms with E-state index in [-0.39, 0.29) is 41.0 Å². The lowest BCUT2D eigenvalue weighted by Gasteiger charge is -2.33. The van der Waals surface area contributed by atoms with Crippen molar-refractivity contribution in [1.82, 2.24) is 9.21 Å². The summed E-state index contributed by atoms with van der Waals surface area (Å²) in [5, 5.41) is -0.197. The van der Waals surface area contributed by atoms with E-state index in [1.807, 2.05) is 0 Å². The van der Waals surface area contributed by atoms with Crippen molar-refractivity contribution in [3.8, 4) is 0 Å². The number of rotatable bonds is 3. The van der Waals surface area contributed by atoms with Gasteiger partial charge in [0.1, 0.15) is 4.21 Å². The van der Waals surface area contributed by atoms with Gasteiger partial charge in [-0.3, -0.25) is 4.79 Å². The van der Waals surface area contributed by atoms with Crippen molar-refractivity contribution in [2.24, 2.45) is 0 Å². The molecular weight excluding hydrogens is 429 g/mol. The van der Waals surface area contributed by atoms with E-state index in [0.717, 1.165) is 23.5 Å². The largest absolute Gasteiger partial charge is 0.336 e. The summed E-state index contributed by atoms with van der Waals surface area (Å²) in [4.78, 5) is 13.8. The summed E-state index contributed by atoms with van der Waals surface area (Å²) in [6, 6.07) is 4.42. The van der Waals surface area contributed by atoms with Crippen LogP contribution in [0.5, 0.6) is 0 Å². The Hall–Kier alpha value is -1.26. The van der Waals surface area contributed by atoms with Crippen LogP contribution in [0.25, 0.3) is 0 Å². The first-order valence-electron chi connectivity index (χ1n) is 7.39. The van der Waals surface area contributed by atoms with Crippen molar-refractivity contribution in [2.75, 3.05) is 26.2 Å². The van der Waals surface area contributed by atoms with Crippen molar-refractivity contribution in [2.45, 2.75) is 4.21 Å². The lowest BCUT2D eigenvalue weighted by atomic mass is 10.1. The number of sulfonamides is 1. The van der Waals surface area contributed by atoms with E-state index in [4.69, 9.17) is 23.2 Å². The van der Waals surface area contributed by atoms with Gasteiger partial charge >= 0.3 is 0 Å². The van der Waals surface area contributed by atoms with Crippen LogP contribution in [0.2, 0.25) is 9.36 Å². The van der Waals surface area contributed by atoms with E-state index in [0.29, 0.717) is 4.34 Å². The Bertz CT molecular complexity index is 958. The Balaban J connectivity index is 1.72.